The van der Waals surface area contributed by atoms with Crippen LogP contribution in [0.25, 0.3) is 11.1 Å². The van der Waals surface area contributed by atoms with Crippen LogP contribution in [0.5, 0.6) is 0 Å². The molecule has 3 rings (SSSR count). The van der Waals surface area contributed by atoms with Crippen LogP contribution in [0, 0.1) is 17.1 Å². The Morgan fingerprint density at radius 2 is 2.25 bits per heavy atom. The number of nitrogens with zero attached hydrogens (tertiary/aromatic N) is 4. The van der Waals surface area contributed by atoms with E-state index in [2.05, 4.69) is 16.2 Å². The summed E-state index contributed by atoms with van der Waals surface area (Å²) in [5, 5.41) is 22.4. The number of oxime groups is 1. The van der Waals surface area contributed by atoms with Crippen molar-refractivity contribution in [2.24, 2.45) is 5.16 Å². The topological polar surface area (TPSA) is 81.7 Å². The molecule has 24 heavy (non-hydrogen) atoms. The van der Waals surface area contributed by atoms with Crippen LogP contribution >= 0.6 is 0 Å². The summed E-state index contributed by atoms with van der Waals surface area (Å²) >= 11 is 0. The molecule has 1 aromatic carbocycles. The molecule has 0 atom stereocenters. The number of hydrogen-bond donors (Lipinski definition) is 1. The van der Waals surface area contributed by atoms with Crippen LogP contribution < -0.4 is 4.90 Å². The number of benzene rings is 1. The van der Waals surface area contributed by atoms with Crippen LogP contribution in [0.1, 0.15) is 11.1 Å². The molecule has 0 unspecified atom stereocenters. The molecule has 2 aromatic rings. The first-order valence-electron chi connectivity index (χ1n) is 7.30. The molecule has 0 bridgehead atoms. The summed E-state index contributed by atoms with van der Waals surface area (Å²) in [5.74, 6) is 0.0342. The summed E-state index contributed by atoms with van der Waals surface area (Å²) in [6.07, 6.45) is 1.53. The number of anilines is 1. The Balaban J connectivity index is 1.94. The summed E-state index contributed by atoms with van der Waals surface area (Å²) < 4.78 is 14.4. The smallest absolute Gasteiger partial charge is 0.147 e. The van der Waals surface area contributed by atoms with Gasteiger partial charge in [-0.15, -0.1) is 0 Å². The first kappa shape index (κ1) is 15.9. The normalized spacial score (nSPS) is 13.2. The number of hydrogen-bond acceptors (Lipinski definition) is 6. The fourth-order valence-corrected chi connectivity index (χ4v) is 2.59. The molecule has 1 fully saturated rings. The van der Waals surface area contributed by atoms with Crippen LogP contribution in [0.3, 0.4) is 0 Å². The lowest BCUT2D eigenvalue weighted by Gasteiger charge is -2.33. The monoisotopic (exact) mass is 326 g/mol. The Morgan fingerprint density at radius 1 is 1.46 bits per heavy atom. The molecule has 122 valence electrons. The predicted molar refractivity (Wildman–Crippen MR) is 86.9 cm³/mol. The Bertz CT molecular complexity index is 837. The first-order chi connectivity index (χ1) is 11.7. The highest BCUT2D eigenvalue weighted by atomic mass is 19.1. The van der Waals surface area contributed by atoms with Gasteiger partial charge in [-0.3, -0.25) is 0 Å². The highest BCUT2D eigenvalue weighted by molar-refractivity contribution is 5.99. The van der Waals surface area contributed by atoms with Crippen LogP contribution in [0.15, 0.2) is 35.6 Å². The van der Waals surface area contributed by atoms with E-state index in [1.165, 1.54) is 19.4 Å². The van der Waals surface area contributed by atoms with Gasteiger partial charge in [0.1, 0.15) is 24.8 Å². The van der Waals surface area contributed by atoms with Crippen molar-refractivity contribution < 1.29 is 14.3 Å². The molecule has 1 aliphatic heterocycles. The maximum absolute atomic E-state index is 14.4. The fraction of sp³-hybridized carbons (Fsp3) is 0.235. The van der Waals surface area contributed by atoms with Gasteiger partial charge in [-0.05, 0) is 6.07 Å². The molecular formula is C17H15FN4O2. The minimum absolute atomic E-state index is 0.207. The highest BCUT2D eigenvalue weighted by Crippen LogP contribution is 2.29. The van der Waals surface area contributed by atoms with Crippen molar-refractivity contribution in [1.29, 1.82) is 5.26 Å². The fourth-order valence-electron chi connectivity index (χ4n) is 2.59. The third-order valence-corrected chi connectivity index (χ3v) is 3.81. The van der Waals surface area contributed by atoms with Crippen LogP contribution in [-0.4, -0.2) is 36.0 Å². The second kappa shape index (κ2) is 6.64. The second-order valence-electron chi connectivity index (χ2n) is 5.34. The predicted octanol–water partition coefficient (Wildman–Crippen LogP) is 2.07. The van der Waals surface area contributed by atoms with E-state index in [-0.39, 0.29) is 12.2 Å². The lowest BCUT2D eigenvalue weighted by Crippen LogP contribution is -2.48. The lowest BCUT2D eigenvalue weighted by molar-refractivity contribution is 0.211. The van der Waals surface area contributed by atoms with Gasteiger partial charge in [0, 0.05) is 22.9 Å². The van der Waals surface area contributed by atoms with Crippen molar-refractivity contribution in [1.82, 2.24) is 4.98 Å². The number of aromatic nitrogens is 1. The van der Waals surface area contributed by atoms with Gasteiger partial charge in [-0.1, -0.05) is 23.4 Å². The van der Waals surface area contributed by atoms with Gasteiger partial charge in [0.15, 0.2) is 0 Å². The first-order valence-corrected chi connectivity index (χ1v) is 7.30. The highest BCUT2D eigenvalue weighted by Gasteiger charge is 2.26. The summed E-state index contributed by atoms with van der Waals surface area (Å²) in [5.41, 5.74) is 2.24. The third kappa shape index (κ3) is 2.79. The third-order valence-electron chi connectivity index (χ3n) is 3.81. The molecule has 1 aliphatic rings. The van der Waals surface area contributed by atoms with Crippen molar-refractivity contribution in [3.05, 3.63) is 47.4 Å². The Labute approximate surface area is 138 Å². The van der Waals surface area contributed by atoms with Gasteiger partial charge in [-0.25, -0.2) is 9.37 Å². The van der Waals surface area contributed by atoms with E-state index in [0.717, 1.165) is 5.71 Å². The molecule has 0 saturated carbocycles. The average Bonchev–Trinajstić information content (AvgIpc) is 2.57. The van der Waals surface area contributed by atoms with Gasteiger partial charge in [0.05, 0.1) is 31.0 Å². The lowest BCUT2D eigenvalue weighted by atomic mass is 10.0. The number of pyridine rings is 1. The minimum atomic E-state index is -0.503. The van der Waals surface area contributed by atoms with E-state index in [9.17, 15) is 14.8 Å². The zero-order valence-electron chi connectivity index (χ0n) is 13.0. The van der Waals surface area contributed by atoms with Gasteiger partial charge in [-0.2, -0.15) is 5.26 Å². The summed E-state index contributed by atoms with van der Waals surface area (Å²) in [6, 6.07) is 8.48. The molecule has 2 heterocycles. The Kier molecular flexibility index (Phi) is 4.40. The molecule has 6 nitrogen and oxygen atoms in total. The summed E-state index contributed by atoms with van der Waals surface area (Å²) in [7, 11) is 1.48. The quantitative estimate of drug-likeness (QED) is 0.870. The molecule has 0 spiro atoms. The van der Waals surface area contributed by atoms with E-state index >= 15 is 0 Å². The van der Waals surface area contributed by atoms with Gasteiger partial charge < -0.3 is 14.8 Å². The van der Waals surface area contributed by atoms with Gasteiger partial charge in [0.25, 0.3) is 0 Å². The Hall–Kier alpha value is -2.98. The molecule has 1 saturated heterocycles. The standard InChI is InChI=1S/C17H15FN4O2/c1-24-21-14-8-22(9-14)17-12(6-19)5-13(7-20-17)15-4-2-3-11(10-23)16(15)18/h2-5,7,23H,8-10H2,1H3. The van der Waals surface area contributed by atoms with Crippen molar-refractivity contribution in [2.45, 2.75) is 6.61 Å². The van der Waals surface area contributed by atoms with E-state index in [0.29, 0.717) is 35.6 Å². The van der Waals surface area contributed by atoms with E-state index in [1.54, 1.807) is 18.2 Å². The number of rotatable bonds is 4. The molecule has 0 amide bonds. The van der Waals surface area contributed by atoms with Gasteiger partial charge >= 0.3 is 0 Å². The number of aliphatic hydroxyl groups is 1. The van der Waals surface area contributed by atoms with E-state index in [1.807, 2.05) is 4.90 Å². The summed E-state index contributed by atoms with van der Waals surface area (Å²) in [4.78, 5) is 10.9. The molecule has 1 aromatic heterocycles. The van der Waals surface area contributed by atoms with Crippen molar-refractivity contribution >= 4 is 11.5 Å². The molecule has 0 aliphatic carbocycles. The average molecular weight is 326 g/mol. The zero-order chi connectivity index (χ0) is 17.1. The minimum Gasteiger partial charge on any atom is -0.399 e. The van der Waals surface area contributed by atoms with Crippen LogP contribution in [0.2, 0.25) is 0 Å². The largest absolute Gasteiger partial charge is 0.399 e. The number of halogens is 1. The van der Waals surface area contributed by atoms with E-state index in [4.69, 9.17) is 4.84 Å². The molecule has 7 heteroatoms. The SMILES string of the molecule is CON=C1CN(c2ncc(-c3cccc(CO)c3F)cc2C#N)C1. The second-order valence-corrected chi connectivity index (χ2v) is 5.34. The maximum atomic E-state index is 14.4. The Morgan fingerprint density at radius 3 is 2.92 bits per heavy atom. The van der Waals surface area contributed by atoms with Gasteiger partial charge in [0.2, 0.25) is 0 Å². The van der Waals surface area contributed by atoms with Crippen LogP contribution in [-0.2, 0) is 11.4 Å². The number of nitriles is 1. The van der Waals surface area contributed by atoms with E-state index < -0.39 is 5.82 Å². The zero-order valence-corrected chi connectivity index (χ0v) is 13.0. The maximum Gasteiger partial charge on any atom is 0.147 e. The van der Waals surface area contributed by atoms with Crippen molar-refractivity contribution in [3.63, 3.8) is 0 Å². The van der Waals surface area contributed by atoms with Crippen molar-refractivity contribution in [3.8, 4) is 17.2 Å². The molecule has 1 N–H and O–H groups in total. The number of aliphatic hydroxyl groups excluding tert-OH is 1. The molecule has 0 radical (unpaired) electrons. The van der Waals surface area contributed by atoms with Crippen molar-refractivity contribution in [2.75, 3.05) is 25.1 Å². The van der Waals surface area contributed by atoms with Crippen LogP contribution in [0.4, 0.5) is 10.2 Å². The molecular weight excluding hydrogens is 311 g/mol. The summed E-state index contributed by atoms with van der Waals surface area (Å²) in [6.45, 7) is 0.706.